The summed E-state index contributed by atoms with van der Waals surface area (Å²) in [4.78, 5) is 34.8. The lowest BCUT2D eigenvalue weighted by Gasteiger charge is -2.36. The van der Waals surface area contributed by atoms with Crippen LogP contribution in [0.1, 0.15) is 142 Å². The third kappa shape index (κ3) is 17.7. The van der Waals surface area contributed by atoms with Crippen molar-refractivity contribution in [2.24, 2.45) is 0 Å². The first kappa shape index (κ1) is 36.8. The highest BCUT2D eigenvalue weighted by molar-refractivity contribution is 5.75. The number of ether oxygens (including phenoxy) is 1. The van der Waals surface area contributed by atoms with E-state index in [4.69, 9.17) is 9.57 Å². The van der Waals surface area contributed by atoms with Gasteiger partial charge in [-0.25, -0.2) is 9.86 Å². The third-order valence-electron chi connectivity index (χ3n) is 9.03. The summed E-state index contributed by atoms with van der Waals surface area (Å²) in [5.74, 6) is 0. The van der Waals surface area contributed by atoms with Crippen LogP contribution in [-0.2, 0) is 14.4 Å². The van der Waals surface area contributed by atoms with E-state index in [1.807, 2.05) is 4.90 Å². The number of urea groups is 1. The number of carbonyl (C=O) groups is 2. The van der Waals surface area contributed by atoms with Crippen molar-refractivity contribution in [3.63, 3.8) is 0 Å². The van der Waals surface area contributed by atoms with Gasteiger partial charge in [0.15, 0.2) is 0 Å². The molecule has 2 atom stereocenters. The molecule has 0 bridgehead atoms. The van der Waals surface area contributed by atoms with Crippen LogP contribution in [0.3, 0.4) is 0 Å². The Hall–Kier alpha value is -1.38. The molecule has 1 N–H and O–H groups in total. The lowest BCUT2D eigenvalue weighted by atomic mass is 10.00. The first-order valence-electron chi connectivity index (χ1n) is 17.9. The summed E-state index contributed by atoms with van der Waals surface area (Å²) < 4.78 is 5.39. The number of carbonyl (C=O) groups excluding carboxylic acids is 2. The summed E-state index contributed by atoms with van der Waals surface area (Å²) in [6, 6.07) is 0.440. The van der Waals surface area contributed by atoms with Gasteiger partial charge < -0.3 is 15.0 Å². The normalized spacial score (nSPS) is 18.6. The van der Waals surface area contributed by atoms with E-state index in [9.17, 15) is 9.59 Å². The van der Waals surface area contributed by atoms with Crippen molar-refractivity contribution >= 4 is 12.4 Å². The highest BCUT2D eigenvalue weighted by Gasteiger charge is 2.27. The van der Waals surface area contributed by atoms with Crippen molar-refractivity contribution in [3.8, 4) is 0 Å². The van der Waals surface area contributed by atoms with Crippen molar-refractivity contribution < 1.29 is 19.2 Å². The summed E-state index contributed by atoms with van der Waals surface area (Å²) in [6.45, 7) is 10.7. The van der Waals surface area contributed by atoms with Gasteiger partial charge in [0.2, 0.25) is 6.41 Å². The van der Waals surface area contributed by atoms with Crippen molar-refractivity contribution in [1.29, 1.82) is 0 Å². The molecule has 42 heavy (non-hydrogen) atoms. The minimum atomic E-state index is 0.0651. The predicted molar refractivity (Wildman–Crippen MR) is 172 cm³/mol. The summed E-state index contributed by atoms with van der Waals surface area (Å²) in [5, 5.41) is 4.68. The van der Waals surface area contributed by atoms with E-state index in [-0.39, 0.29) is 18.1 Å². The van der Waals surface area contributed by atoms with E-state index in [1.165, 1.54) is 95.0 Å². The Labute approximate surface area is 258 Å². The highest BCUT2D eigenvalue weighted by atomic mass is 16.7. The Balaban J connectivity index is 1.50. The van der Waals surface area contributed by atoms with E-state index in [1.54, 1.807) is 0 Å². The van der Waals surface area contributed by atoms with Crippen LogP contribution in [0, 0.1) is 0 Å². The minimum absolute atomic E-state index is 0.0651. The molecule has 0 aromatic heterocycles. The van der Waals surface area contributed by atoms with Crippen LogP contribution in [0.5, 0.6) is 0 Å². The van der Waals surface area contributed by atoms with Gasteiger partial charge in [0.25, 0.3) is 0 Å². The maximum absolute atomic E-state index is 13.1. The Morgan fingerprint density at radius 1 is 0.905 bits per heavy atom. The van der Waals surface area contributed by atoms with Crippen LogP contribution in [0.2, 0.25) is 0 Å². The Morgan fingerprint density at radius 2 is 1.52 bits per heavy atom. The second-order valence-electron chi connectivity index (χ2n) is 12.8. The largest absolute Gasteiger partial charge is 0.379 e. The van der Waals surface area contributed by atoms with E-state index in [0.717, 1.165) is 84.3 Å². The van der Waals surface area contributed by atoms with Gasteiger partial charge in [0.1, 0.15) is 0 Å². The molecule has 2 heterocycles. The number of nitrogens with one attached hydrogen (secondary N) is 1. The lowest BCUT2D eigenvalue weighted by molar-refractivity contribution is -0.174. The second-order valence-corrected chi connectivity index (χ2v) is 12.8. The fourth-order valence-electron chi connectivity index (χ4n) is 6.31. The van der Waals surface area contributed by atoms with Crippen LogP contribution in [0.4, 0.5) is 4.79 Å². The second kappa shape index (κ2) is 25.0. The van der Waals surface area contributed by atoms with Crippen molar-refractivity contribution in [1.82, 2.24) is 20.2 Å². The van der Waals surface area contributed by atoms with Gasteiger partial charge in [-0.05, 0) is 45.4 Å². The molecule has 2 fully saturated rings. The highest BCUT2D eigenvalue weighted by Crippen LogP contribution is 2.21. The summed E-state index contributed by atoms with van der Waals surface area (Å²) in [6.07, 6.45) is 25.8. The molecule has 8 heteroatoms. The Morgan fingerprint density at radius 3 is 2.14 bits per heavy atom. The zero-order chi connectivity index (χ0) is 30.1. The smallest absolute Gasteiger partial charge is 0.317 e. The molecule has 8 nitrogen and oxygen atoms in total. The average molecular weight is 595 g/mol. The molecule has 0 spiro atoms. The van der Waals surface area contributed by atoms with Crippen LogP contribution >= 0.6 is 0 Å². The van der Waals surface area contributed by atoms with Crippen molar-refractivity contribution in [2.45, 2.75) is 154 Å². The standard InChI is InChI=1S/C34H66N4O4/c1-3-4-5-6-7-8-9-10-11-12-13-14-15-16-20-32(2)35-34(40)38-25-18-17-21-33(38)22-28-42-37(31-39)24-19-23-36-26-29-41-30-27-36/h31-33H,3-30H2,1-2H3,(H,35,40). The number of unbranched alkanes of at least 4 members (excludes halogenated alkanes) is 13. The maximum atomic E-state index is 13.1. The number of hydrogen-bond acceptors (Lipinski definition) is 5. The molecule has 0 radical (unpaired) electrons. The summed E-state index contributed by atoms with van der Waals surface area (Å²) in [7, 11) is 0. The predicted octanol–water partition coefficient (Wildman–Crippen LogP) is 7.31. The average Bonchev–Trinajstić information content (AvgIpc) is 3.01. The van der Waals surface area contributed by atoms with E-state index >= 15 is 0 Å². The number of rotatable bonds is 25. The molecule has 2 rings (SSSR count). The Kier molecular flexibility index (Phi) is 21.9. The van der Waals surface area contributed by atoms with Gasteiger partial charge in [-0.3, -0.25) is 14.5 Å². The molecule has 3 amide bonds. The monoisotopic (exact) mass is 595 g/mol. The summed E-state index contributed by atoms with van der Waals surface area (Å²) >= 11 is 0. The number of nitrogens with zero attached hydrogens (tertiary/aromatic N) is 3. The van der Waals surface area contributed by atoms with Crippen LogP contribution in [0.15, 0.2) is 0 Å². The van der Waals surface area contributed by atoms with Gasteiger partial charge in [0.05, 0.1) is 19.8 Å². The molecule has 2 saturated heterocycles. The van der Waals surface area contributed by atoms with Gasteiger partial charge in [-0.1, -0.05) is 96.8 Å². The molecule has 2 aliphatic heterocycles. The number of hydrogen-bond donors (Lipinski definition) is 1. The number of piperidine rings is 1. The zero-order valence-electron chi connectivity index (χ0n) is 27.5. The van der Waals surface area contributed by atoms with E-state index < -0.39 is 0 Å². The molecular formula is C34H66N4O4. The van der Waals surface area contributed by atoms with Gasteiger partial charge in [-0.15, -0.1) is 0 Å². The molecular weight excluding hydrogens is 528 g/mol. The van der Waals surface area contributed by atoms with Gasteiger partial charge >= 0.3 is 6.03 Å². The van der Waals surface area contributed by atoms with Gasteiger partial charge in [-0.2, -0.15) is 0 Å². The molecule has 0 saturated carbocycles. The molecule has 2 aliphatic rings. The minimum Gasteiger partial charge on any atom is -0.379 e. The number of hydroxylamine groups is 2. The Bertz CT molecular complexity index is 661. The first-order valence-corrected chi connectivity index (χ1v) is 17.9. The van der Waals surface area contributed by atoms with E-state index in [0.29, 0.717) is 13.2 Å². The fourth-order valence-corrected chi connectivity index (χ4v) is 6.31. The fraction of sp³-hybridized carbons (Fsp3) is 0.941. The molecule has 0 aromatic rings. The lowest BCUT2D eigenvalue weighted by Crippen LogP contribution is -2.51. The SMILES string of the molecule is CCCCCCCCCCCCCCCCC(C)NC(=O)N1CCCCC1CCON(C=O)CCCN1CCOCC1. The maximum Gasteiger partial charge on any atom is 0.317 e. The molecule has 0 aliphatic carbocycles. The quantitative estimate of drug-likeness (QED) is 0.0681. The summed E-state index contributed by atoms with van der Waals surface area (Å²) in [5.41, 5.74) is 0. The van der Waals surface area contributed by atoms with Crippen LogP contribution in [-0.4, -0.2) is 91.9 Å². The first-order chi connectivity index (χ1) is 20.6. The van der Waals surface area contributed by atoms with Crippen molar-refractivity contribution in [3.05, 3.63) is 0 Å². The molecule has 0 aromatic carbocycles. The van der Waals surface area contributed by atoms with Crippen LogP contribution < -0.4 is 5.32 Å². The number of morpholine rings is 1. The topological polar surface area (TPSA) is 74.4 Å². The molecule has 246 valence electrons. The third-order valence-corrected chi connectivity index (χ3v) is 9.03. The van der Waals surface area contributed by atoms with Crippen LogP contribution in [0.25, 0.3) is 0 Å². The number of amides is 3. The van der Waals surface area contributed by atoms with E-state index in [2.05, 4.69) is 24.1 Å². The van der Waals surface area contributed by atoms with Gasteiger partial charge in [0, 0.05) is 44.8 Å². The van der Waals surface area contributed by atoms with Crippen molar-refractivity contribution in [2.75, 3.05) is 52.5 Å². The molecule has 2 unspecified atom stereocenters. The zero-order valence-corrected chi connectivity index (χ0v) is 27.5. The number of likely N-dealkylation sites (tertiary alicyclic amines) is 1.